The van der Waals surface area contributed by atoms with E-state index in [1.54, 1.807) is 21.1 Å². The summed E-state index contributed by atoms with van der Waals surface area (Å²) < 4.78 is 17.0. The minimum Gasteiger partial charge on any atom is -0.544 e. The van der Waals surface area contributed by atoms with Crippen LogP contribution in [-0.4, -0.2) is 75.5 Å². The molecule has 0 aliphatic heterocycles. The summed E-state index contributed by atoms with van der Waals surface area (Å²) in [6.45, 7) is 4.53. The highest BCUT2D eigenvalue weighted by Crippen LogP contribution is 2.12. The van der Waals surface area contributed by atoms with Crippen LogP contribution in [0.1, 0.15) is 162 Å². The molecule has 2 unspecified atom stereocenters. The maximum absolute atomic E-state index is 12.6. The van der Waals surface area contributed by atoms with Crippen molar-refractivity contribution in [2.24, 2.45) is 0 Å². The zero-order chi connectivity index (χ0) is 38.5. The third-order valence-corrected chi connectivity index (χ3v) is 8.98. The molecule has 0 N–H and O–H groups in total. The van der Waals surface area contributed by atoms with Gasteiger partial charge in [-0.15, -0.1) is 0 Å². The standard InChI is InChI=1S/C44H77NO7/c1-6-8-10-12-14-16-18-20-21-23-24-26-28-30-32-34-42(46)51-39-40(38-50-37-36-41(44(48)49)45(3,4)5)52-43(47)35-33-31-29-27-25-22-19-17-15-13-11-9-7-2/h14,16,18,20,22,25,29,31,40-41H,6-13,15,17,19,21,23-24,26-28,30,32-39H2,1-5H3/b16-14+,20-18+,25-22+,31-29+. The lowest BCUT2D eigenvalue weighted by atomic mass is 10.1. The van der Waals surface area contributed by atoms with E-state index in [0.29, 0.717) is 12.8 Å². The molecule has 0 amide bonds. The average molecular weight is 732 g/mol. The summed E-state index contributed by atoms with van der Waals surface area (Å²) in [6, 6.07) is -0.736. The van der Waals surface area contributed by atoms with Crippen LogP contribution in [0, 0.1) is 0 Å². The number of allylic oxidation sites excluding steroid dienone is 8. The maximum Gasteiger partial charge on any atom is 0.306 e. The van der Waals surface area contributed by atoms with Crippen molar-refractivity contribution in [2.75, 3.05) is 41.0 Å². The van der Waals surface area contributed by atoms with Gasteiger partial charge in [0.25, 0.3) is 0 Å². The fourth-order valence-corrected chi connectivity index (χ4v) is 5.70. The lowest BCUT2D eigenvalue weighted by molar-refractivity contribution is -0.889. The zero-order valence-corrected chi connectivity index (χ0v) is 34.0. The molecule has 8 heteroatoms. The lowest BCUT2D eigenvalue weighted by Crippen LogP contribution is -2.55. The first-order chi connectivity index (χ1) is 25.1. The van der Waals surface area contributed by atoms with Gasteiger partial charge in [0.05, 0.1) is 40.3 Å². The second kappa shape index (κ2) is 35.3. The van der Waals surface area contributed by atoms with E-state index in [2.05, 4.69) is 56.4 Å². The summed E-state index contributed by atoms with van der Waals surface area (Å²) in [5, 5.41) is 11.6. The highest BCUT2D eigenvalue weighted by molar-refractivity contribution is 5.70. The number of hydrogen-bond acceptors (Lipinski definition) is 7. The number of esters is 2. The van der Waals surface area contributed by atoms with Gasteiger partial charge < -0.3 is 28.6 Å². The first kappa shape index (κ1) is 49.3. The fraction of sp³-hybridized carbons (Fsp3) is 0.750. The predicted molar refractivity (Wildman–Crippen MR) is 213 cm³/mol. The van der Waals surface area contributed by atoms with E-state index in [-0.39, 0.29) is 49.1 Å². The Bertz CT molecular complexity index is 995. The van der Waals surface area contributed by atoms with Crippen molar-refractivity contribution in [3.8, 4) is 0 Å². The minimum atomic E-state index is -1.14. The smallest absolute Gasteiger partial charge is 0.306 e. The normalized spacial score (nSPS) is 13.5. The van der Waals surface area contributed by atoms with Crippen molar-refractivity contribution in [1.29, 1.82) is 0 Å². The van der Waals surface area contributed by atoms with E-state index in [1.807, 2.05) is 6.08 Å². The van der Waals surface area contributed by atoms with Crippen LogP contribution in [-0.2, 0) is 28.6 Å². The molecule has 0 aromatic heterocycles. The Labute approximate surface area is 318 Å². The number of likely N-dealkylation sites (N-methyl/N-ethyl adjacent to an activating group) is 1. The summed E-state index contributed by atoms with van der Waals surface area (Å²) in [7, 11) is 5.38. The SMILES string of the molecule is CCCCC/C=C/C=C/CCCCCCCCC(=O)OCC(COCCC(C(=O)[O-])[N+](C)(C)C)OC(=O)CC/C=C/C/C=C/CCCCCCCC. The lowest BCUT2D eigenvalue weighted by Gasteiger charge is -2.34. The third-order valence-electron chi connectivity index (χ3n) is 8.98. The first-order valence-electron chi connectivity index (χ1n) is 20.7. The van der Waals surface area contributed by atoms with Gasteiger partial charge in [0.15, 0.2) is 6.10 Å². The molecule has 0 fully saturated rings. The number of carbonyl (C=O) groups is 3. The zero-order valence-electron chi connectivity index (χ0n) is 34.0. The molecule has 0 aliphatic carbocycles. The number of rotatable bonds is 36. The summed E-state index contributed by atoms with van der Waals surface area (Å²) in [5.74, 6) is -1.84. The maximum atomic E-state index is 12.6. The summed E-state index contributed by atoms with van der Waals surface area (Å²) >= 11 is 0. The number of aliphatic carboxylic acids is 1. The molecule has 0 rings (SSSR count). The highest BCUT2D eigenvalue weighted by atomic mass is 16.6. The van der Waals surface area contributed by atoms with Crippen molar-refractivity contribution >= 4 is 17.9 Å². The number of quaternary nitrogens is 1. The largest absolute Gasteiger partial charge is 0.544 e. The van der Waals surface area contributed by atoms with Crippen molar-refractivity contribution in [2.45, 2.75) is 174 Å². The quantitative estimate of drug-likeness (QED) is 0.0208. The second-order valence-corrected chi connectivity index (χ2v) is 14.9. The molecule has 0 aliphatic rings. The van der Waals surface area contributed by atoms with Crippen LogP contribution in [0.15, 0.2) is 48.6 Å². The fourth-order valence-electron chi connectivity index (χ4n) is 5.70. The van der Waals surface area contributed by atoms with Crippen molar-refractivity contribution in [1.82, 2.24) is 0 Å². The van der Waals surface area contributed by atoms with Crippen LogP contribution in [0.5, 0.6) is 0 Å². The molecule has 0 spiro atoms. The molecule has 0 radical (unpaired) electrons. The molecule has 0 saturated heterocycles. The molecule has 2 atom stereocenters. The molecule has 0 heterocycles. The Morgan fingerprint density at radius 1 is 0.596 bits per heavy atom. The van der Waals surface area contributed by atoms with Crippen LogP contribution in [0.3, 0.4) is 0 Å². The van der Waals surface area contributed by atoms with Gasteiger partial charge in [-0.3, -0.25) is 9.59 Å². The Balaban J connectivity index is 4.48. The number of nitrogens with zero attached hydrogens (tertiary/aromatic N) is 1. The van der Waals surface area contributed by atoms with Crippen molar-refractivity contribution < 1.29 is 38.2 Å². The number of hydrogen-bond donors (Lipinski definition) is 0. The Morgan fingerprint density at radius 2 is 1.12 bits per heavy atom. The van der Waals surface area contributed by atoms with Crippen LogP contribution in [0.2, 0.25) is 0 Å². The molecule has 52 heavy (non-hydrogen) atoms. The molecule has 0 aromatic carbocycles. The van der Waals surface area contributed by atoms with Crippen molar-refractivity contribution in [3.63, 3.8) is 0 Å². The van der Waals surface area contributed by atoms with E-state index >= 15 is 0 Å². The Hall–Kier alpha value is -2.71. The first-order valence-corrected chi connectivity index (χ1v) is 20.7. The van der Waals surface area contributed by atoms with Crippen molar-refractivity contribution in [3.05, 3.63) is 48.6 Å². The molecule has 0 saturated carbocycles. The van der Waals surface area contributed by atoms with Crippen LogP contribution >= 0.6 is 0 Å². The van der Waals surface area contributed by atoms with Gasteiger partial charge in [0.2, 0.25) is 0 Å². The van der Waals surface area contributed by atoms with Crippen LogP contribution in [0.4, 0.5) is 0 Å². The van der Waals surface area contributed by atoms with E-state index in [0.717, 1.165) is 51.4 Å². The number of ether oxygens (including phenoxy) is 3. The summed E-state index contributed by atoms with van der Waals surface area (Å²) in [6.07, 6.45) is 40.0. The van der Waals surface area contributed by atoms with E-state index in [1.165, 1.54) is 70.6 Å². The monoisotopic (exact) mass is 732 g/mol. The molecule has 0 aromatic rings. The topological polar surface area (TPSA) is 102 Å². The van der Waals surface area contributed by atoms with Crippen LogP contribution < -0.4 is 5.11 Å². The van der Waals surface area contributed by atoms with E-state index < -0.39 is 18.1 Å². The highest BCUT2D eigenvalue weighted by Gasteiger charge is 2.25. The van der Waals surface area contributed by atoms with Gasteiger partial charge in [-0.05, 0) is 57.8 Å². The van der Waals surface area contributed by atoms with E-state index in [9.17, 15) is 19.5 Å². The summed E-state index contributed by atoms with van der Waals surface area (Å²) in [4.78, 5) is 36.7. The van der Waals surface area contributed by atoms with Gasteiger partial charge in [0, 0.05) is 19.3 Å². The number of carboxylic acid groups (broad SMARTS) is 1. The van der Waals surface area contributed by atoms with Gasteiger partial charge in [-0.2, -0.15) is 0 Å². The number of carboxylic acids is 1. The van der Waals surface area contributed by atoms with E-state index in [4.69, 9.17) is 14.2 Å². The summed E-state index contributed by atoms with van der Waals surface area (Å²) in [5.41, 5.74) is 0. The van der Waals surface area contributed by atoms with Crippen LogP contribution in [0.25, 0.3) is 0 Å². The Morgan fingerprint density at radius 3 is 1.71 bits per heavy atom. The Kier molecular flexibility index (Phi) is 33.5. The second-order valence-electron chi connectivity index (χ2n) is 14.9. The molecular weight excluding hydrogens is 654 g/mol. The third kappa shape index (κ3) is 33.1. The van der Waals surface area contributed by atoms with Gasteiger partial charge in [-0.25, -0.2) is 0 Å². The molecule has 8 nitrogen and oxygen atoms in total. The molecular formula is C44H77NO7. The number of carbonyl (C=O) groups excluding carboxylic acids is 3. The van der Waals surface area contributed by atoms with Gasteiger partial charge >= 0.3 is 11.9 Å². The average Bonchev–Trinajstić information content (AvgIpc) is 3.09. The number of unbranched alkanes of at least 4 members (excludes halogenated alkanes) is 15. The van der Waals surface area contributed by atoms with Gasteiger partial charge in [-0.1, -0.05) is 133 Å². The molecule has 300 valence electrons. The predicted octanol–water partition coefficient (Wildman–Crippen LogP) is 9.52. The molecule has 0 bridgehead atoms. The van der Waals surface area contributed by atoms with Gasteiger partial charge in [0.1, 0.15) is 12.6 Å². The minimum absolute atomic E-state index is 0.0135.